The molecule has 1 heterocycles. The van der Waals surface area contributed by atoms with Crippen LogP contribution in [0.1, 0.15) is 48.9 Å². The molecule has 1 atom stereocenters. The molecule has 1 saturated carbocycles. The molecule has 1 aromatic carbocycles. The van der Waals surface area contributed by atoms with E-state index in [0.717, 1.165) is 36.6 Å². The quantitative estimate of drug-likeness (QED) is 0.429. The number of aliphatic hydroxyl groups is 2. The van der Waals surface area contributed by atoms with Crippen molar-refractivity contribution < 1.29 is 28.5 Å². The van der Waals surface area contributed by atoms with Crippen molar-refractivity contribution >= 4 is 17.5 Å². The zero-order chi connectivity index (χ0) is 25.6. The third-order valence-corrected chi connectivity index (χ3v) is 6.15. The lowest BCUT2D eigenvalue weighted by atomic mass is 9.94. The topological polar surface area (TPSA) is 136 Å². The maximum absolute atomic E-state index is 12.8. The minimum atomic E-state index is -3.11. The predicted molar refractivity (Wildman–Crippen MR) is 122 cm³/mol. The Morgan fingerprint density at radius 1 is 1.23 bits per heavy atom. The van der Waals surface area contributed by atoms with Crippen molar-refractivity contribution in [2.75, 3.05) is 13.2 Å². The van der Waals surface area contributed by atoms with Gasteiger partial charge in [-0.05, 0) is 31.0 Å². The molecule has 1 aromatic heterocycles. The van der Waals surface area contributed by atoms with Crippen molar-refractivity contribution in [2.45, 2.75) is 63.4 Å². The van der Waals surface area contributed by atoms with Crippen molar-refractivity contribution in [3.05, 3.63) is 55.8 Å². The molecule has 3 N–H and O–H groups in total. The standard InChI is InChI=1S/C22H27ClF2N4O6/c23-17-6-5-14(9-16(17)19(32)26-13-22(34)7-3-1-2-4-8-22)29-21(33)28(18(31)10-27-29)11-15(30)12-35-20(24)25/h5-6,9-10,15,20,30,34H,1-4,7-8,11-13H2,(H,26,32). The first-order valence-electron chi connectivity index (χ1n) is 11.2. The average molecular weight is 517 g/mol. The minimum Gasteiger partial charge on any atom is -0.389 e. The number of carbonyl (C=O) groups excluding carboxylic acids is 1. The van der Waals surface area contributed by atoms with Crippen LogP contribution in [0, 0.1) is 0 Å². The summed E-state index contributed by atoms with van der Waals surface area (Å²) in [7, 11) is 0. The molecular formula is C22H27ClF2N4O6. The van der Waals surface area contributed by atoms with E-state index in [1.807, 2.05) is 0 Å². The highest BCUT2D eigenvalue weighted by Crippen LogP contribution is 2.27. The van der Waals surface area contributed by atoms with Gasteiger partial charge in [0, 0.05) is 6.54 Å². The summed E-state index contributed by atoms with van der Waals surface area (Å²) in [6, 6.07) is 4.08. The summed E-state index contributed by atoms with van der Waals surface area (Å²) in [6.07, 6.45) is 4.23. The summed E-state index contributed by atoms with van der Waals surface area (Å²) in [5, 5.41) is 27.2. The molecule has 1 unspecified atom stereocenters. The molecule has 0 spiro atoms. The summed E-state index contributed by atoms with van der Waals surface area (Å²) in [5.74, 6) is -0.560. The zero-order valence-corrected chi connectivity index (χ0v) is 19.6. The first-order chi connectivity index (χ1) is 16.6. The Morgan fingerprint density at radius 2 is 1.91 bits per heavy atom. The van der Waals surface area contributed by atoms with Crippen LogP contribution in [0.5, 0.6) is 0 Å². The van der Waals surface area contributed by atoms with Crippen LogP contribution < -0.4 is 16.6 Å². The lowest BCUT2D eigenvalue weighted by Gasteiger charge is -2.26. The summed E-state index contributed by atoms with van der Waals surface area (Å²) < 4.78 is 29.8. The van der Waals surface area contributed by atoms with E-state index in [2.05, 4.69) is 15.2 Å². The van der Waals surface area contributed by atoms with Gasteiger partial charge in [-0.1, -0.05) is 37.3 Å². The van der Waals surface area contributed by atoms with E-state index in [1.165, 1.54) is 18.2 Å². The summed E-state index contributed by atoms with van der Waals surface area (Å²) >= 11 is 6.19. The van der Waals surface area contributed by atoms with E-state index in [1.54, 1.807) is 0 Å². The van der Waals surface area contributed by atoms with Crippen LogP contribution in [-0.4, -0.2) is 61.9 Å². The number of aromatic nitrogens is 3. The number of hydrogen-bond donors (Lipinski definition) is 3. The third-order valence-electron chi connectivity index (χ3n) is 5.82. The van der Waals surface area contributed by atoms with E-state index in [9.17, 15) is 33.4 Å². The second-order valence-corrected chi connectivity index (χ2v) is 8.93. The number of nitrogens with zero attached hydrogens (tertiary/aromatic N) is 3. The third kappa shape index (κ3) is 7.17. The first kappa shape index (κ1) is 26.9. The Kier molecular flexibility index (Phi) is 9.11. The van der Waals surface area contributed by atoms with Crippen molar-refractivity contribution in [2.24, 2.45) is 0 Å². The van der Waals surface area contributed by atoms with Crippen LogP contribution in [0.15, 0.2) is 34.0 Å². The highest BCUT2D eigenvalue weighted by atomic mass is 35.5. The molecule has 2 aromatic rings. The predicted octanol–water partition coefficient (Wildman–Crippen LogP) is 1.46. The molecule has 0 bridgehead atoms. The number of alkyl halides is 2. The van der Waals surface area contributed by atoms with Crippen LogP contribution in [0.2, 0.25) is 5.02 Å². The summed E-state index contributed by atoms with van der Waals surface area (Å²) in [5.41, 5.74) is -2.69. The highest BCUT2D eigenvalue weighted by Gasteiger charge is 2.29. The molecule has 1 aliphatic rings. The number of amides is 1. The molecule has 0 aliphatic heterocycles. The molecule has 192 valence electrons. The Bertz CT molecular complexity index is 1150. The normalized spacial score (nSPS) is 16.6. The van der Waals surface area contributed by atoms with Gasteiger partial charge in [-0.15, -0.1) is 0 Å². The second kappa shape index (κ2) is 11.8. The van der Waals surface area contributed by atoms with Crippen molar-refractivity contribution in [1.82, 2.24) is 19.7 Å². The van der Waals surface area contributed by atoms with Crippen LogP contribution in [0.3, 0.4) is 0 Å². The Labute approximate surface area is 204 Å². The monoisotopic (exact) mass is 516 g/mol. The Morgan fingerprint density at radius 3 is 2.57 bits per heavy atom. The number of aliphatic hydroxyl groups excluding tert-OH is 1. The van der Waals surface area contributed by atoms with E-state index in [0.29, 0.717) is 17.4 Å². The van der Waals surface area contributed by atoms with E-state index >= 15 is 0 Å². The second-order valence-electron chi connectivity index (χ2n) is 8.52. The summed E-state index contributed by atoms with van der Waals surface area (Å²) in [6.45, 7) is -4.46. The molecule has 13 heteroatoms. The van der Waals surface area contributed by atoms with E-state index < -0.39 is 48.6 Å². The van der Waals surface area contributed by atoms with Crippen LogP contribution >= 0.6 is 11.6 Å². The molecule has 0 radical (unpaired) electrons. The van der Waals surface area contributed by atoms with E-state index in [-0.39, 0.29) is 22.8 Å². The minimum absolute atomic E-state index is 0.0261. The molecule has 3 rings (SSSR count). The summed E-state index contributed by atoms with van der Waals surface area (Å²) in [4.78, 5) is 37.7. The molecular weight excluding hydrogens is 490 g/mol. The van der Waals surface area contributed by atoms with Gasteiger partial charge in [0.25, 0.3) is 11.5 Å². The maximum Gasteiger partial charge on any atom is 0.352 e. The molecule has 1 amide bonds. The fourth-order valence-corrected chi connectivity index (χ4v) is 4.15. The lowest BCUT2D eigenvalue weighted by molar-refractivity contribution is -0.148. The molecule has 0 saturated heterocycles. The van der Waals surface area contributed by atoms with Crippen LogP contribution in [0.25, 0.3) is 5.69 Å². The number of carbonyl (C=O) groups is 1. The van der Waals surface area contributed by atoms with Crippen LogP contribution in [0.4, 0.5) is 8.78 Å². The number of nitrogens with one attached hydrogen (secondary N) is 1. The Balaban J connectivity index is 1.81. The van der Waals surface area contributed by atoms with Gasteiger partial charge in [-0.2, -0.15) is 18.6 Å². The number of rotatable bonds is 9. The SMILES string of the molecule is O=C(NCC1(O)CCCCCC1)c1cc(-n2ncc(=O)n(CC(O)COC(F)F)c2=O)ccc1Cl. The molecule has 1 aliphatic carbocycles. The first-order valence-corrected chi connectivity index (χ1v) is 11.5. The number of ether oxygens (including phenoxy) is 1. The van der Waals surface area contributed by atoms with Gasteiger partial charge in [0.15, 0.2) is 0 Å². The molecule has 1 fully saturated rings. The Hall–Kier alpha value is -2.67. The number of halogens is 3. The van der Waals surface area contributed by atoms with Gasteiger partial charge in [0.2, 0.25) is 0 Å². The van der Waals surface area contributed by atoms with Gasteiger partial charge < -0.3 is 20.3 Å². The van der Waals surface area contributed by atoms with Gasteiger partial charge in [0.1, 0.15) is 6.20 Å². The van der Waals surface area contributed by atoms with Gasteiger partial charge in [-0.3, -0.25) is 14.2 Å². The van der Waals surface area contributed by atoms with Gasteiger partial charge >= 0.3 is 12.3 Å². The van der Waals surface area contributed by atoms with Gasteiger partial charge in [0.05, 0.1) is 41.1 Å². The van der Waals surface area contributed by atoms with Gasteiger partial charge in [-0.25, -0.2) is 4.79 Å². The highest BCUT2D eigenvalue weighted by molar-refractivity contribution is 6.33. The lowest BCUT2D eigenvalue weighted by Crippen LogP contribution is -2.43. The number of hydrogen-bond acceptors (Lipinski definition) is 7. The zero-order valence-electron chi connectivity index (χ0n) is 18.8. The van der Waals surface area contributed by atoms with Crippen molar-refractivity contribution in [3.8, 4) is 5.69 Å². The number of benzene rings is 1. The molecule has 10 nitrogen and oxygen atoms in total. The fraction of sp³-hybridized carbons (Fsp3) is 0.545. The molecule has 35 heavy (non-hydrogen) atoms. The van der Waals surface area contributed by atoms with Crippen molar-refractivity contribution in [1.29, 1.82) is 0 Å². The van der Waals surface area contributed by atoms with Crippen molar-refractivity contribution in [3.63, 3.8) is 0 Å². The average Bonchev–Trinajstić information content (AvgIpc) is 3.04. The fourth-order valence-electron chi connectivity index (χ4n) is 3.95. The largest absolute Gasteiger partial charge is 0.389 e. The van der Waals surface area contributed by atoms with Crippen LogP contribution in [-0.2, 0) is 11.3 Å². The maximum atomic E-state index is 12.8. The smallest absolute Gasteiger partial charge is 0.352 e. The van der Waals surface area contributed by atoms with E-state index in [4.69, 9.17) is 11.6 Å².